The van der Waals surface area contributed by atoms with Gasteiger partial charge in [-0.05, 0) is 201 Å². The topological polar surface area (TPSA) is 16.2 Å². The largest absolute Gasteiger partial charge is 0.365 e. The van der Waals surface area contributed by atoms with Crippen LogP contribution in [0, 0.1) is 11.8 Å². The third-order valence-corrected chi connectivity index (χ3v) is 21.8. The normalized spacial score (nSPS) is 18.0. The monoisotopic (exact) mass is 1210 g/mol. The van der Waals surface area contributed by atoms with Crippen molar-refractivity contribution in [3.05, 3.63) is 285 Å². The van der Waals surface area contributed by atoms with Crippen molar-refractivity contribution >= 4 is 120 Å². The SMILES string of the molecule is CCC1CC2CC(C)CC(C2)N1c1cc2c3c(c1)N(c1ccccc1)c1cc4c(cc1B3c1ccccc1N2c1ccccc1)B1c2ccccc2N(c2c(-c3ccccc3)cc(-c3ccccc3)cc2-c2ccccc2)c2cc(C(C)(C)C)cc(c21)N4c1ccccc1. The fourth-order valence-corrected chi connectivity index (χ4v) is 17.8. The van der Waals surface area contributed by atoms with Crippen LogP contribution < -0.4 is 57.3 Å². The van der Waals surface area contributed by atoms with Crippen LogP contribution in [0.15, 0.2) is 279 Å². The minimum Gasteiger partial charge on any atom is -0.365 e. The van der Waals surface area contributed by atoms with Crippen molar-refractivity contribution in [1.82, 2.24) is 0 Å². The highest BCUT2D eigenvalue weighted by Crippen LogP contribution is 2.55. The number of para-hydroxylation sites is 5. The van der Waals surface area contributed by atoms with Crippen LogP contribution in [0.5, 0.6) is 0 Å². The highest BCUT2D eigenvalue weighted by molar-refractivity contribution is 7.03. The quantitative estimate of drug-likeness (QED) is 0.134. The van der Waals surface area contributed by atoms with Gasteiger partial charge in [0.05, 0.1) is 5.69 Å². The molecule has 0 aromatic heterocycles. The van der Waals surface area contributed by atoms with E-state index in [2.05, 4.69) is 338 Å². The molecule has 5 aliphatic heterocycles. The average Bonchev–Trinajstić information content (AvgIpc) is 0.687. The summed E-state index contributed by atoms with van der Waals surface area (Å²) in [5.74, 6) is 1.48. The van der Waals surface area contributed by atoms with Gasteiger partial charge in [-0.15, -0.1) is 0 Å². The maximum absolute atomic E-state index is 2.92. The summed E-state index contributed by atoms with van der Waals surface area (Å²) in [6, 6.07) is 107. The molecule has 1 saturated carbocycles. The van der Waals surface area contributed by atoms with Crippen LogP contribution in [-0.2, 0) is 5.41 Å². The minimum atomic E-state index is -0.225. The molecule has 0 radical (unpaired) electrons. The Labute approximate surface area is 555 Å². The zero-order chi connectivity index (χ0) is 62.9. The molecule has 18 rings (SSSR count). The lowest BCUT2D eigenvalue weighted by Gasteiger charge is -2.52. The van der Waals surface area contributed by atoms with E-state index in [1.54, 1.807) is 0 Å². The van der Waals surface area contributed by atoms with Gasteiger partial charge in [0.1, 0.15) is 0 Å². The standard InChI is InChI=1S/C87H75B2N5/c1-6-64-47-58-45-57(2)46-68(48-58)90(64)69-53-82-85-83(54-69)93(67-39-23-12-24-40-67)79-56-78-74(55-75(79)88(85)72-41-25-27-43-76(72)91(82)65-35-19-10-20-36-65)89-73-42-26-28-44-77(73)94(81-52-63(87(3,4)5)51-80(84(81)89)92(78)66-37-21-11-22-38-66)86-70(60-31-15-8-16-32-60)49-62(59-29-13-7-14-30-59)50-71(86)61-33-17-9-18-34-61/h7-44,49-58,64,68H,6,45-48H2,1-5H3. The molecule has 94 heavy (non-hydrogen) atoms. The molecular weight excluding hydrogens is 1140 g/mol. The van der Waals surface area contributed by atoms with Gasteiger partial charge in [0.2, 0.25) is 0 Å². The number of benzene rings is 12. The zero-order valence-corrected chi connectivity index (χ0v) is 54.3. The van der Waals surface area contributed by atoms with Gasteiger partial charge in [0.15, 0.2) is 0 Å². The Balaban J connectivity index is 0.945. The van der Waals surface area contributed by atoms with E-state index in [1.165, 1.54) is 154 Å². The van der Waals surface area contributed by atoms with E-state index in [-0.39, 0.29) is 18.8 Å². The third kappa shape index (κ3) is 8.98. The molecule has 0 N–H and O–H groups in total. The number of fused-ring (bicyclic) bond motifs is 10. The summed E-state index contributed by atoms with van der Waals surface area (Å²) in [6.45, 7) is 11.9. The van der Waals surface area contributed by atoms with Gasteiger partial charge in [0, 0.05) is 91.5 Å². The predicted molar refractivity (Wildman–Crippen MR) is 401 cm³/mol. The third-order valence-electron chi connectivity index (χ3n) is 21.8. The smallest absolute Gasteiger partial charge is 0.252 e. The molecule has 2 fully saturated rings. The van der Waals surface area contributed by atoms with Gasteiger partial charge in [-0.3, -0.25) is 0 Å². The van der Waals surface area contributed by atoms with Crippen molar-refractivity contribution in [2.75, 3.05) is 24.5 Å². The maximum atomic E-state index is 2.92. The summed E-state index contributed by atoms with van der Waals surface area (Å²) >= 11 is 0. The van der Waals surface area contributed by atoms with E-state index >= 15 is 0 Å². The highest BCUT2D eigenvalue weighted by Gasteiger charge is 2.50. The molecule has 0 spiro atoms. The number of hydrogen-bond donors (Lipinski definition) is 0. The molecule has 1 saturated heterocycles. The van der Waals surface area contributed by atoms with Crippen molar-refractivity contribution in [3.63, 3.8) is 0 Å². The van der Waals surface area contributed by atoms with Crippen LogP contribution in [0.3, 0.4) is 0 Å². The van der Waals surface area contributed by atoms with Gasteiger partial charge in [-0.25, -0.2) is 0 Å². The molecule has 2 bridgehead atoms. The van der Waals surface area contributed by atoms with Gasteiger partial charge < -0.3 is 24.5 Å². The van der Waals surface area contributed by atoms with Crippen molar-refractivity contribution in [1.29, 1.82) is 0 Å². The Morgan fingerprint density at radius 3 is 1.24 bits per heavy atom. The lowest BCUT2D eigenvalue weighted by molar-refractivity contribution is 0.172. The van der Waals surface area contributed by atoms with E-state index in [1.807, 2.05) is 0 Å². The number of anilines is 13. The van der Waals surface area contributed by atoms with Crippen LogP contribution >= 0.6 is 0 Å². The number of nitrogens with zero attached hydrogens (tertiary/aromatic N) is 5. The molecule has 7 heteroatoms. The first-order chi connectivity index (χ1) is 46.1. The van der Waals surface area contributed by atoms with E-state index in [0.29, 0.717) is 18.0 Å². The maximum Gasteiger partial charge on any atom is 0.252 e. The Bertz CT molecular complexity index is 4840. The van der Waals surface area contributed by atoms with Crippen molar-refractivity contribution in [3.8, 4) is 33.4 Å². The minimum absolute atomic E-state index is 0.0903. The van der Waals surface area contributed by atoms with E-state index in [0.717, 1.165) is 29.4 Å². The summed E-state index contributed by atoms with van der Waals surface area (Å²) < 4.78 is 0. The van der Waals surface area contributed by atoms with E-state index < -0.39 is 0 Å². The van der Waals surface area contributed by atoms with Crippen LogP contribution in [-0.4, -0.2) is 25.5 Å². The second kappa shape index (κ2) is 22.2. The molecule has 12 aromatic carbocycles. The molecule has 4 atom stereocenters. The summed E-state index contributed by atoms with van der Waals surface area (Å²) in [5.41, 5.74) is 31.7. The van der Waals surface area contributed by atoms with E-state index in [9.17, 15) is 0 Å². The molecule has 4 unspecified atom stereocenters. The molecule has 1 aliphatic carbocycles. The van der Waals surface area contributed by atoms with E-state index in [4.69, 9.17) is 0 Å². The average molecular weight is 1210 g/mol. The van der Waals surface area contributed by atoms with Crippen LogP contribution in [0.4, 0.5) is 73.9 Å². The van der Waals surface area contributed by atoms with Gasteiger partial charge in [0.25, 0.3) is 13.4 Å². The first-order valence-corrected chi connectivity index (χ1v) is 34.4. The van der Waals surface area contributed by atoms with Gasteiger partial charge in [-0.1, -0.05) is 223 Å². The lowest BCUT2D eigenvalue weighted by Crippen LogP contribution is -2.65. The first kappa shape index (κ1) is 56.5. The van der Waals surface area contributed by atoms with Crippen LogP contribution in [0.2, 0.25) is 0 Å². The lowest BCUT2D eigenvalue weighted by atomic mass is 9.30. The molecule has 454 valence electrons. The number of piperidine rings is 1. The summed E-state index contributed by atoms with van der Waals surface area (Å²) in [7, 11) is 0. The second-order valence-electron chi connectivity index (χ2n) is 28.4. The fraction of sp³-hybridized carbons (Fsp3) is 0.172. The summed E-state index contributed by atoms with van der Waals surface area (Å²) in [5, 5.41) is 0. The second-order valence-corrected chi connectivity index (χ2v) is 28.4. The Kier molecular flexibility index (Phi) is 13.4. The molecule has 0 amide bonds. The Morgan fingerprint density at radius 1 is 0.351 bits per heavy atom. The van der Waals surface area contributed by atoms with Crippen molar-refractivity contribution in [2.45, 2.75) is 84.2 Å². The first-order valence-electron chi connectivity index (χ1n) is 34.4. The molecule has 12 aromatic rings. The molecule has 6 aliphatic rings. The molecule has 5 nitrogen and oxygen atoms in total. The Morgan fingerprint density at radius 2 is 0.766 bits per heavy atom. The predicted octanol–water partition coefficient (Wildman–Crippen LogP) is 18.9. The molecule has 5 heterocycles. The number of rotatable bonds is 9. The van der Waals surface area contributed by atoms with Gasteiger partial charge in [-0.2, -0.15) is 0 Å². The van der Waals surface area contributed by atoms with Crippen molar-refractivity contribution < 1.29 is 0 Å². The van der Waals surface area contributed by atoms with Gasteiger partial charge >= 0.3 is 0 Å². The Hall–Kier alpha value is -10.2. The fourth-order valence-electron chi connectivity index (χ4n) is 17.8. The molecular formula is C87H75B2N5. The highest BCUT2D eigenvalue weighted by atomic mass is 15.2. The number of hydrogen-bond acceptors (Lipinski definition) is 5. The summed E-state index contributed by atoms with van der Waals surface area (Å²) in [4.78, 5) is 13.5. The van der Waals surface area contributed by atoms with Crippen LogP contribution in [0.1, 0.15) is 72.3 Å². The van der Waals surface area contributed by atoms with Crippen molar-refractivity contribution in [2.24, 2.45) is 11.8 Å². The summed E-state index contributed by atoms with van der Waals surface area (Å²) in [6.07, 6.45) is 6.21. The zero-order valence-electron chi connectivity index (χ0n) is 54.3. The van der Waals surface area contributed by atoms with Crippen LogP contribution in [0.25, 0.3) is 33.4 Å².